The van der Waals surface area contributed by atoms with E-state index in [2.05, 4.69) is 15.2 Å². The van der Waals surface area contributed by atoms with Crippen LogP contribution in [0.1, 0.15) is 5.69 Å². The smallest absolute Gasteiger partial charge is 0.188 e. The first kappa shape index (κ1) is 12.9. The van der Waals surface area contributed by atoms with Crippen molar-refractivity contribution in [2.24, 2.45) is 10.9 Å². The fourth-order valence-corrected chi connectivity index (χ4v) is 2.00. The Kier molecular flexibility index (Phi) is 3.34. The lowest BCUT2D eigenvalue weighted by Crippen LogP contribution is -2.15. The topological polar surface area (TPSA) is 89.3 Å². The summed E-state index contributed by atoms with van der Waals surface area (Å²) in [6.07, 6.45) is 5.30. The van der Waals surface area contributed by atoms with Crippen LogP contribution >= 0.6 is 0 Å². The van der Waals surface area contributed by atoms with Crippen LogP contribution in [0.4, 0.5) is 0 Å². The summed E-state index contributed by atoms with van der Waals surface area (Å²) < 4.78 is 1.72. The third-order valence-corrected chi connectivity index (χ3v) is 3.07. The summed E-state index contributed by atoms with van der Waals surface area (Å²) in [5.74, 6) is -0.0349. The molecule has 21 heavy (non-hydrogen) atoms. The second-order valence-corrected chi connectivity index (χ2v) is 4.42. The molecule has 3 rings (SSSR count). The van der Waals surface area contributed by atoms with Gasteiger partial charge >= 0.3 is 0 Å². The average Bonchev–Trinajstić information content (AvgIpc) is 3.05. The Morgan fingerprint density at radius 1 is 1.14 bits per heavy atom. The van der Waals surface area contributed by atoms with Crippen LogP contribution in [-0.4, -0.2) is 25.8 Å². The summed E-state index contributed by atoms with van der Waals surface area (Å²) in [7, 11) is 0. The van der Waals surface area contributed by atoms with Gasteiger partial charge in [-0.05, 0) is 17.7 Å². The Labute approximate surface area is 121 Å². The molecule has 0 aliphatic carbocycles. The summed E-state index contributed by atoms with van der Waals surface area (Å²) in [6.45, 7) is 0. The average molecular weight is 279 g/mol. The van der Waals surface area contributed by atoms with E-state index in [-0.39, 0.29) is 5.84 Å². The van der Waals surface area contributed by atoms with Crippen molar-refractivity contribution in [1.82, 2.24) is 14.8 Å². The summed E-state index contributed by atoms with van der Waals surface area (Å²) in [6, 6.07) is 13.5. The number of amidine groups is 1. The van der Waals surface area contributed by atoms with Gasteiger partial charge in [-0.2, -0.15) is 5.10 Å². The first-order valence-electron chi connectivity index (χ1n) is 6.32. The molecule has 0 saturated heterocycles. The molecule has 3 aromatic rings. The van der Waals surface area contributed by atoms with E-state index in [9.17, 15) is 0 Å². The van der Waals surface area contributed by atoms with Gasteiger partial charge < -0.3 is 10.9 Å². The van der Waals surface area contributed by atoms with Gasteiger partial charge in [0.2, 0.25) is 0 Å². The Balaban J connectivity index is 1.97. The predicted octanol–water partition coefficient (Wildman–Crippen LogP) is 2.03. The number of aromatic nitrogens is 3. The zero-order valence-corrected chi connectivity index (χ0v) is 11.1. The summed E-state index contributed by atoms with van der Waals surface area (Å²) >= 11 is 0. The van der Waals surface area contributed by atoms with E-state index in [1.807, 2.05) is 36.5 Å². The molecule has 0 radical (unpaired) electrons. The number of hydrogen-bond acceptors (Lipinski definition) is 4. The van der Waals surface area contributed by atoms with Crippen molar-refractivity contribution in [2.75, 3.05) is 0 Å². The van der Waals surface area contributed by atoms with Crippen LogP contribution in [0.2, 0.25) is 0 Å². The fourth-order valence-electron chi connectivity index (χ4n) is 2.00. The molecule has 0 fully saturated rings. The van der Waals surface area contributed by atoms with E-state index in [0.29, 0.717) is 5.69 Å². The van der Waals surface area contributed by atoms with Crippen molar-refractivity contribution in [3.8, 4) is 16.8 Å². The molecule has 104 valence electrons. The van der Waals surface area contributed by atoms with Gasteiger partial charge in [0.15, 0.2) is 5.84 Å². The van der Waals surface area contributed by atoms with Gasteiger partial charge in [-0.15, -0.1) is 0 Å². The van der Waals surface area contributed by atoms with Gasteiger partial charge in [0, 0.05) is 18.0 Å². The highest BCUT2D eigenvalue weighted by atomic mass is 16.4. The van der Waals surface area contributed by atoms with Crippen molar-refractivity contribution in [3.05, 3.63) is 66.7 Å². The number of nitrogens with zero attached hydrogens (tertiary/aromatic N) is 4. The fraction of sp³-hybridized carbons (Fsp3) is 0. The third-order valence-electron chi connectivity index (χ3n) is 3.07. The van der Waals surface area contributed by atoms with Crippen LogP contribution in [0.3, 0.4) is 0 Å². The lowest BCUT2D eigenvalue weighted by Gasteiger charge is -2.03. The largest absolute Gasteiger partial charge is 0.409 e. The van der Waals surface area contributed by atoms with Crippen LogP contribution < -0.4 is 5.73 Å². The molecule has 0 amide bonds. The van der Waals surface area contributed by atoms with Crippen LogP contribution in [0.15, 0.2) is 66.2 Å². The second kappa shape index (κ2) is 5.46. The van der Waals surface area contributed by atoms with Crippen LogP contribution in [-0.2, 0) is 0 Å². The maximum atomic E-state index is 8.70. The van der Waals surface area contributed by atoms with E-state index in [1.54, 1.807) is 29.2 Å². The number of pyridine rings is 1. The van der Waals surface area contributed by atoms with Crippen molar-refractivity contribution in [2.45, 2.75) is 0 Å². The molecule has 0 aliphatic rings. The quantitative estimate of drug-likeness (QED) is 0.332. The number of nitrogens with two attached hydrogens (primary N) is 1. The Morgan fingerprint density at radius 2 is 1.95 bits per heavy atom. The maximum absolute atomic E-state index is 8.70. The zero-order chi connectivity index (χ0) is 14.7. The lowest BCUT2D eigenvalue weighted by molar-refractivity contribution is 0.318. The highest BCUT2D eigenvalue weighted by molar-refractivity contribution is 5.95. The molecule has 2 aromatic heterocycles. The van der Waals surface area contributed by atoms with Crippen LogP contribution in [0.25, 0.3) is 16.8 Å². The molecular formula is C15H13N5O. The molecule has 6 nitrogen and oxygen atoms in total. The summed E-state index contributed by atoms with van der Waals surface area (Å²) in [5.41, 5.74) is 8.83. The maximum Gasteiger partial charge on any atom is 0.188 e. The first-order valence-corrected chi connectivity index (χ1v) is 6.32. The van der Waals surface area contributed by atoms with Gasteiger partial charge in [-0.1, -0.05) is 35.5 Å². The van der Waals surface area contributed by atoms with Crippen molar-refractivity contribution in [1.29, 1.82) is 0 Å². The van der Waals surface area contributed by atoms with E-state index >= 15 is 0 Å². The van der Waals surface area contributed by atoms with E-state index in [4.69, 9.17) is 10.9 Å². The molecule has 1 aromatic carbocycles. The Bertz CT molecular complexity index is 780. The third kappa shape index (κ3) is 2.59. The normalized spacial score (nSPS) is 11.5. The molecule has 2 heterocycles. The van der Waals surface area contributed by atoms with Gasteiger partial charge in [0.1, 0.15) is 5.69 Å². The Hall–Kier alpha value is -3.15. The lowest BCUT2D eigenvalue weighted by atomic mass is 10.1. The summed E-state index contributed by atoms with van der Waals surface area (Å²) in [5, 5.41) is 16.0. The van der Waals surface area contributed by atoms with Crippen LogP contribution in [0, 0.1) is 0 Å². The summed E-state index contributed by atoms with van der Waals surface area (Å²) in [4.78, 5) is 4.04. The van der Waals surface area contributed by atoms with Gasteiger partial charge in [-0.25, -0.2) is 4.68 Å². The molecule has 0 spiro atoms. The van der Waals surface area contributed by atoms with Crippen molar-refractivity contribution < 1.29 is 5.21 Å². The standard InChI is InChI=1S/C15H13N5O/c16-15(19-21)14-8-13(6-7-17-14)20-10-12(9-18-20)11-4-2-1-3-5-11/h1-10,21H,(H2,16,19). The van der Waals surface area contributed by atoms with E-state index < -0.39 is 0 Å². The number of rotatable bonds is 3. The van der Waals surface area contributed by atoms with Gasteiger partial charge in [-0.3, -0.25) is 4.98 Å². The molecular weight excluding hydrogens is 266 g/mol. The number of hydrogen-bond donors (Lipinski definition) is 2. The first-order chi connectivity index (χ1) is 10.3. The van der Waals surface area contributed by atoms with Crippen molar-refractivity contribution in [3.63, 3.8) is 0 Å². The van der Waals surface area contributed by atoms with Crippen molar-refractivity contribution >= 4 is 5.84 Å². The molecule has 0 saturated carbocycles. The number of benzene rings is 1. The minimum atomic E-state index is -0.0349. The minimum Gasteiger partial charge on any atom is -0.409 e. The zero-order valence-electron chi connectivity index (χ0n) is 11.1. The highest BCUT2D eigenvalue weighted by Crippen LogP contribution is 2.19. The SMILES string of the molecule is NC(=NO)c1cc(-n2cc(-c3ccccc3)cn2)ccn1. The highest BCUT2D eigenvalue weighted by Gasteiger charge is 2.06. The minimum absolute atomic E-state index is 0.0349. The molecule has 3 N–H and O–H groups in total. The second-order valence-electron chi connectivity index (χ2n) is 4.42. The molecule has 0 aliphatic heterocycles. The molecule has 0 bridgehead atoms. The van der Waals surface area contributed by atoms with Crippen LogP contribution in [0.5, 0.6) is 0 Å². The monoisotopic (exact) mass is 279 g/mol. The van der Waals surface area contributed by atoms with Gasteiger partial charge in [0.25, 0.3) is 0 Å². The van der Waals surface area contributed by atoms with Gasteiger partial charge in [0.05, 0.1) is 11.9 Å². The number of oxime groups is 1. The van der Waals surface area contributed by atoms with E-state index in [1.165, 1.54) is 0 Å². The molecule has 0 atom stereocenters. The van der Waals surface area contributed by atoms with E-state index in [0.717, 1.165) is 16.8 Å². The molecule has 0 unspecified atom stereocenters. The molecule has 6 heteroatoms. The Morgan fingerprint density at radius 3 is 2.71 bits per heavy atom. The predicted molar refractivity (Wildman–Crippen MR) is 79.3 cm³/mol.